The third kappa shape index (κ3) is 15.4. The molecular formula is C42H67N7O10S2. The number of hydrogen-bond donors (Lipinski definition) is 6. The van der Waals surface area contributed by atoms with Crippen molar-refractivity contribution in [3.05, 3.63) is 0 Å². The number of hydrogen-bond acceptors (Lipinski definition) is 12. The second kappa shape index (κ2) is 24.6. The van der Waals surface area contributed by atoms with Crippen molar-refractivity contribution in [3.8, 4) is 0 Å². The Kier molecular flexibility index (Phi) is 20.7. The van der Waals surface area contributed by atoms with E-state index in [1.54, 1.807) is 44.3 Å². The van der Waals surface area contributed by atoms with E-state index in [1.807, 2.05) is 6.92 Å². The number of nitrogens with one attached hydrogen (secondary N) is 6. The molecule has 19 heteroatoms. The van der Waals surface area contributed by atoms with Crippen molar-refractivity contribution < 1.29 is 47.9 Å². The van der Waals surface area contributed by atoms with Gasteiger partial charge in [-0.3, -0.25) is 38.4 Å². The monoisotopic (exact) mass is 893 g/mol. The van der Waals surface area contributed by atoms with Crippen molar-refractivity contribution >= 4 is 82.2 Å². The number of amides is 7. The van der Waals surface area contributed by atoms with E-state index in [0.717, 1.165) is 30.8 Å². The van der Waals surface area contributed by atoms with Gasteiger partial charge in [-0.2, -0.15) is 0 Å². The molecule has 7 amide bonds. The zero-order chi connectivity index (χ0) is 45.4. The molecule has 3 fully saturated rings. The lowest BCUT2D eigenvalue weighted by atomic mass is 9.83. The molecule has 0 aromatic heterocycles. The van der Waals surface area contributed by atoms with Gasteiger partial charge in [-0.15, -0.1) is 23.5 Å². The molecule has 1 aliphatic carbocycles. The van der Waals surface area contributed by atoms with Crippen molar-refractivity contribution in [1.82, 2.24) is 36.8 Å². The van der Waals surface area contributed by atoms with Gasteiger partial charge in [0.2, 0.25) is 41.2 Å². The van der Waals surface area contributed by atoms with Gasteiger partial charge in [0, 0.05) is 50.8 Å². The van der Waals surface area contributed by atoms with Crippen molar-refractivity contribution in [2.45, 2.75) is 166 Å². The van der Waals surface area contributed by atoms with Crippen LogP contribution in [0.5, 0.6) is 0 Å². The first-order valence-electron chi connectivity index (χ1n) is 21.7. The first-order chi connectivity index (χ1) is 28.8. The van der Waals surface area contributed by atoms with Gasteiger partial charge >= 0.3 is 0 Å². The van der Waals surface area contributed by atoms with Gasteiger partial charge in [0.05, 0.1) is 10.1 Å². The quantitative estimate of drug-likeness (QED) is 0.0803. The lowest BCUT2D eigenvalue weighted by Crippen LogP contribution is -2.62. The van der Waals surface area contributed by atoms with Gasteiger partial charge in [-0.1, -0.05) is 46.5 Å². The fourth-order valence-electron chi connectivity index (χ4n) is 8.05. The molecule has 17 nitrogen and oxygen atoms in total. The molecule has 3 aliphatic rings. The average molecular weight is 894 g/mol. The lowest BCUT2D eigenvalue weighted by Gasteiger charge is -2.36. The maximum Gasteiger partial charge on any atom is 0.289 e. The third-order valence-corrected chi connectivity index (χ3v) is 14.7. The predicted molar refractivity (Wildman–Crippen MR) is 233 cm³/mol. The van der Waals surface area contributed by atoms with E-state index in [0.29, 0.717) is 25.7 Å². The first kappa shape index (κ1) is 51.4. The Labute approximate surface area is 368 Å². The normalized spacial score (nSPS) is 19.8. The standard InChI is InChI=1S/C42H67N7O10S2/c1-8-13-29(35(53)40(58)43-9-2)45-38(56)32-22-42(60-20-21-61-42)23-49(32)41(59)34(28-14-11-10-12-15-28)48-39(57)33(24(3)4)47-37(55)31(19-17-26(6)51)46-36(54)30(44-27(7)52)18-16-25(5)50/h24,28-34H,8-23H2,1-7H3,(H,43,58)(H,44,52)(H,45,56)(H,46,54)(H,47,55)(H,48,57)/t29?,30?,31?,32-,33?,34?/m0/s1. The van der Waals surface area contributed by atoms with E-state index < -0.39 is 93.4 Å². The van der Waals surface area contributed by atoms with Crippen molar-refractivity contribution in [2.24, 2.45) is 11.8 Å². The van der Waals surface area contributed by atoms with Crippen LogP contribution in [-0.4, -0.2) is 129 Å². The summed E-state index contributed by atoms with van der Waals surface area (Å²) in [5.41, 5.74) is 0. The topological polar surface area (TPSA) is 246 Å². The van der Waals surface area contributed by atoms with Gasteiger partial charge in [0.25, 0.3) is 5.91 Å². The van der Waals surface area contributed by atoms with Crippen LogP contribution in [-0.2, 0) is 47.9 Å². The largest absolute Gasteiger partial charge is 0.350 e. The van der Waals surface area contributed by atoms with Crippen LogP contribution in [0.15, 0.2) is 0 Å². The summed E-state index contributed by atoms with van der Waals surface area (Å²) in [7, 11) is 0. The molecule has 2 heterocycles. The summed E-state index contributed by atoms with van der Waals surface area (Å²) >= 11 is 3.35. The summed E-state index contributed by atoms with van der Waals surface area (Å²) in [5, 5.41) is 16.1. The van der Waals surface area contributed by atoms with Crippen LogP contribution in [0.3, 0.4) is 0 Å². The zero-order valence-electron chi connectivity index (χ0n) is 36.8. The summed E-state index contributed by atoms with van der Waals surface area (Å²) in [6, 6.07) is -6.70. The smallest absolute Gasteiger partial charge is 0.289 e. The van der Waals surface area contributed by atoms with E-state index in [1.165, 1.54) is 25.7 Å². The van der Waals surface area contributed by atoms with E-state index in [-0.39, 0.29) is 62.7 Å². The van der Waals surface area contributed by atoms with Crippen LogP contribution in [0.2, 0.25) is 0 Å². The molecule has 1 spiro atoms. The molecule has 3 rings (SSSR count). The first-order valence-corrected chi connectivity index (χ1v) is 23.7. The number of ketones is 3. The number of Topliss-reactive ketones (excluding diaryl/α,β-unsaturated/α-hetero) is 3. The highest BCUT2D eigenvalue weighted by Crippen LogP contribution is 2.52. The summed E-state index contributed by atoms with van der Waals surface area (Å²) in [5.74, 6) is -4.75. The fraction of sp³-hybridized carbons (Fsp3) is 0.762. The van der Waals surface area contributed by atoms with Crippen LogP contribution < -0.4 is 31.9 Å². The second-order valence-electron chi connectivity index (χ2n) is 16.8. The Morgan fingerprint density at radius 3 is 1.79 bits per heavy atom. The minimum Gasteiger partial charge on any atom is -0.350 e. The number of likely N-dealkylation sites (N-methyl/N-ethyl adjacent to an activating group) is 1. The molecular weight excluding hydrogens is 827 g/mol. The number of carbonyl (C=O) groups excluding carboxylic acids is 10. The highest BCUT2D eigenvalue weighted by Gasteiger charge is 2.53. The van der Waals surface area contributed by atoms with E-state index in [9.17, 15) is 47.9 Å². The average Bonchev–Trinajstić information content (AvgIpc) is 3.84. The molecule has 5 unspecified atom stereocenters. The number of likely N-dealkylation sites (tertiary alicyclic amines) is 1. The van der Waals surface area contributed by atoms with Gasteiger partial charge < -0.3 is 46.4 Å². The van der Waals surface area contributed by atoms with E-state index in [2.05, 4.69) is 31.9 Å². The molecule has 1 saturated carbocycles. The summed E-state index contributed by atoms with van der Waals surface area (Å²) in [6.45, 7) is 11.3. The van der Waals surface area contributed by atoms with Crippen LogP contribution in [0.1, 0.15) is 126 Å². The number of thioether (sulfide) groups is 2. The minimum atomic E-state index is -1.28. The Balaban J connectivity index is 1.92. The van der Waals surface area contributed by atoms with Gasteiger partial charge in [-0.25, -0.2) is 0 Å². The number of nitrogens with zero attached hydrogens (tertiary/aromatic N) is 1. The van der Waals surface area contributed by atoms with Crippen molar-refractivity contribution in [2.75, 3.05) is 24.6 Å². The zero-order valence-corrected chi connectivity index (χ0v) is 38.4. The van der Waals surface area contributed by atoms with Crippen LogP contribution >= 0.6 is 23.5 Å². The summed E-state index contributed by atoms with van der Waals surface area (Å²) < 4.78 is -0.471. The van der Waals surface area contributed by atoms with Crippen molar-refractivity contribution in [1.29, 1.82) is 0 Å². The maximum absolute atomic E-state index is 15.0. The Bertz CT molecular complexity index is 1630. The van der Waals surface area contributed by atoms with E-state index in [4.69, 9.17) is 0 Å². The molecule has 0 aromatic carbocycles. The Morgan fingerprint density at radius 2 is 1.26 bits per heavy atom. The SMILES string of the molecule is CCCC(NC(=O)[C@@H]1CC2(CN1C(=O)C(NC(=O)C(NC(=O)C(CCC(C)=O)NC(=O)C(CCC(C)=O)NC(C)=O)C(C)C)C1CCCCC1)SCCS2)C(=O)C(=O)NCC. The molecule has 0 aromatic rings. The lowest BCUT2D eigenvalue weighted by molar-refractivity contribution is -0.145. The fourth-order valence-corrected chi connectivity index (χ4v) is 11.3. The molecule has 0 radical (unpaired) electrons. The summed E-state index contributed by atoms with van der Waals surface area (Å²) in [6.07, 6.45) is 4.79. The molecule has 2 saturated heterocycles. The van der Waals surface area contributed by atoms with Crippen LogP contribution in [0, 0.1) is 11.8 Å². The predicted octanol–water partition coefficient (Wildman–Crippen LogP) is 1.69. The minimum absolute atomic E-state index is 0.00250. The van der Waals surface area contributed by atoms with Gasteiger partial charge in [0.1, 0.15) is 41.8 Å². The highest BCUT2D eigenvalue weighted by molar-refractivity contribution is 8.21. The molecule has 6 atom stereocenters. The third-order valence-electron chi connectivity index (χ3n) is 11.3. The van der Waals surface area contributed by atoms with Crippen molar-refractivity contribution in [3.63, 3.8) is 0 Å². The van der Waals surface area contributed by atoms with Crippen LogP contribution in [0.25, 0.3) is 0 Å². The maximum atomic E-state index is 15.0. The number of rotatable bonds is 23. The number of carbonyl (C=O) groups is 10. The van der Waals surface area contributed by atoms with E-state index >= 15 is 0 Å². The molecule has 2 aliphatic heterocycles. The molecule has 342 valence electrons. The Morgan fingerprint density at radius 1 is 0.689 bits per heavy atom. The second-order valence-corrected chi connectivity index (χ2v) is 20.0. The van der Waals surface area contributed by atoms with Crippen LogP contribution in [0.4, 0.5) is 0 Å². The molecule has 61 heavy (non-hydrogen) atoms. The molecule has 0 bridgehead atoms. The van der Waals surface area contributed by atoms with Gasteiger partial charge in [0.15, 0.2) is 0 Å². The van der Waals surface area contributed by atoms with Gasteiger partial charge in [-0.05, 0) is 64.7 Å². The Hall–Kier alpha value is -4.00. The molecule has 6 N–H and O–H groups in total. The summed E-state index contributed by atoms with van der Waals surface area (Å²) in [4.78, 5) is 134. The highest BCUT2D eigenvalue weighted by atomic mass is 32.2.